The van der Waals surface area contributed by atoms with E-state index in [1.807, 2.05) is 55.3 Å². The van der Waals surface area contributed by atoms with Crippen LogP contribution in [-0.4, -0.2) is 50.6 Å². The minimum atomic E-state index is 0.0104. The summed E-state index contributed by atoms with van der Waals surface area (Å²) < 4.78 is 5.81. The molecular weight excluding hydrogens is 350 g/mol. The number of amides is 1. The maximum absolute atomic E-state index is 12.3. The van der Waals surface area contributed by atoms with E-state index in [9.17, 15) is 4.79 Å². The number of rotatable bonds is 9. The highest BCUT2D eigenvalue weighted by atomic mass is 16.5. The molecule has 0 aromatic heterocycles. The Morgan fingerprint density at radius 3 is 2.54 bits per heavy atom. The lowest BCUT2D eigenvalue weighted by Gasteiger charge is -2.19. The van der Waals surface area contributed by atoms with Crippen LogP contribution in [0.25, 0.3) is 0 Å². The number of para-hydroxylation sites is 1. The highest BCUT2D eigenvalue weighted by Crippen LogP contribution is 2.22. The normalized spacial score (nSPS) is 13.8. The van der Waals surface area contributed by atoms with Gasteiger partial charge in [-0.25, -0.2) is 0 Å². The van der Waals surface area contributed by atoms with E-state index < -0.39 is 0 Å². The number of carbonyl (C=O) groups excluding carboxylic acids is 1. The molecule has 5 nitrogen and oxygen atoms in total. The summed E-state index contributed by atoms with van der Waals surface area (Å²) in [6.07, 6.45) is 3.41. The van der Waals surface area contributed by atoms with Gasteiger partial charge in [-0.05, 0) is 69.1 Å². The molecular formula is C23H31N3O2. The van der Waals surface area contributed by atoms with Crippen molar-refractivity contribution in [2.75, 3.05) is 50.1 Å². The van der Waals surface area contributed by atoms with Crippen LogP contribution in [0.2, 0.25) is 0 Å². The van der Waals surface area contributed by atoms with E-state index in [0.29, 0.717) is 13.2 Å². The van der Waals surface area contributed by atoms with Crippen molar-refractivity contribution in [1.29, 1.82) is 0 Å². The molecule has 0 radical (unpaired) electrons. The lowest BCUT2D eigenvalue weighted by molar-refractivity contribution is -0.117. The zero-order chi connectivity index (χ0) is 19.8. The van der Waals surface area contributed by atoms with Gasteiger partial charge in [-0.1, -0.05) is 18.2 Å². The van der Waals surface area contributed by atoms with Crippen LogP contribution < -0.4 is 15.0 Å². The first-order valence-electron chi connectivity index (χ1n) is 10.1. The molecule has 1 aliphatic heterocycles. The molecule has 0 aliphatic carbocycles. The second-order valence-corrected chi connectivity index (χ2v) is 7.49. The van der Waals surface area contributed by atoms with Gasteiger partial charge in [0.1, 0.15) is 5.75 Å². The Morgan fingerprint density at radius 2 is 1.82 bits per heavy atom. The van der Waals surface area contributed by atoms with Gasteiger partial charge in [0.2, 0.25) is 5.91 Å². The fourth-order valence-corrected chi connectivity index (χ4v) is 3.49. The average Bonchev–Trinajstić information content (AvgIpc) is 3.22. The van der Waals surface area contributed by atoms with Crippen molar-refractivity contribution in [2.45, 2.75) is 26.2 Å². The van der Waals surface area contributed by atoms with Gasteiger partial charge < -0.3 is 15.0 Å². The van der Waals surface area contributed by atoms with Crippen molar-refractivity contribution < 1.29 is 9.53 Å². The van der Waals surface area contributed by atoms with Crippen LogP contribution in [0.1, 0.15) is 24.8 Å². The summed E-state index contributed by atoms with van der Waals surface area (Å²) in [5, 5.41) is 2.98. The highest BCUT2D eigenvalue weighted by Gasteiger charge is 2.12. The Hall–Kier alpha value is -2.53. The van der Waals surface area contributed by atoms with E-state index in [4.69, 9.17) is 4.74 Å². The van der Waals surface area contributed by atoms with Crippen molar-refractivity contribution in [2.24, 2.45) is 0 Å². The Bertz CT molecular complexity index is 755. The molecule has 150 valence electrons. The summed E-state index contributed by atoms with van der Waals surface area (Å²) in [6.45, 7) is 6.14. The van der Waals surface area contributed by atoms with Crippen LogP contribution in [0.3, 0.4) is 0 Å². The summed E-state index contributed by atoms with van der Waals surface area (Å²) in [7, 11) is 1.96. The molecule has 0 unspecified atom stereocenters. The first-order chi connectivity index (χ1) is 13.6. The van der Waals surface area contributed by atoms with Gasteiger partial charge in [-0.15, -0.1) is 0 Å². The SMILES string of the molecule is Cc1ccccc1OCCCN(C)CC(=O)Nc1ccc(N2CCCC2)cc1. The molecule has 5 heteroatoms. The number of nitrogens with one attached hydrogen (secondary N) is 1. The number of nitrogens with zero attached hydrogens (tertiary/aromatic N) is 2. The van der Waals surface area contributed by atoms with E-state index in [1.165, 1.54) is 18.5 Å². The largest absolute Gasteiger partial charge is 0.493 e. The highest BCUT2D eigenvalue weighted by molar-refractivity contribution is 5.92. The molecule has 0 atom stereocenters. The Balaban J connectivity index is 1.35. The van der Waals surface area contributed by atoms with E-state index in [0.717, 1.165) is 43.1 Å². The van der Waals surface area contributed by atoms with Gasteiger partial charge >= 0.3 is 0 Å². The third kappa shape index (κ3) is 5.99. The number of ether oxygens (including phenoxy) is 1. The molecule has 1 fully saturated rings. The number of benzene rings is 2. The Kier molecular flexibility index (Phi) is 7.31. The van der Waals surface area contributed by atoms with Crippen molar-refractivity contribution in [3.05, 3.63) is 54.1 Å². The molecule has 0 saturated carbocycles. The van der Waals surface area contributed by atoms with Crippen LogP contribution in [-0.2, 0) is 4.79 Å². The van der Waals surface area contributed by atoms with Crippen LogP contribution in [0.15, 0.2) is 48.5 Å². The van der Waals surface area contributed by atoms with E-state index in [1.54, 1.807) is 0 Å². The monoisotopic (exact) mass is 381 g/mol. The Morgan fingerprint density at radius 1 is 1.11 bits per heavy atom. The second kappa shape index (κ2) is 10.1. The minimum Gasteiger partial charge on any atom is -0.493 e. The number of aryl methyl sites for hydroxylation is 1. The van der Waals surface area contributed by atoms with Gasteiger partial charge in [0, 0.05) is 31.0 Å². The zero-order valence-corrected chi connectivity index (χ0v) is 17.0. The summed E-state index contributed by atoms with van der Waals surface area (Å²) in [4.78, 5) is 16.7. The maximum atomic E-state index is 12.3. The molecule has 1 heterocycles. The predicted octanol–water partition coefficient (Wildman–Crippen LogP) is 3.93. The molecule has 3 rings (SSSR count). The van der Waals surface area contributed by atoms with E-state index in [2.05, 4.69) is 22.3 Å². The van der Waals surface area contributed by atoms with Gasteiger partial charge in [0.25, 0.3) is 0 Å². The molecule has 1 saturated heterocycles. The average molecular weight is 382 g/mol. The second-order valence-electron chi connectivity index (χ2n) is 7.49. The van der Waals surface area contributed by atoms with Crippen molar-refractivity contribution in [3.63, 3.8) is 0 Å². The van der Waals surface area contributed by atoms with E-state index >= 15 is 0 Å². The lowest BCUT2D eigenvalue weighted by Crippen LogP contribution is -2.31. The summed E-state index contributed by atoms with van der Waals surface area (Å²) in [5.41, 5.74) is 3.23. The quantitative estimate of drug-likeness (QED) is 0.669. The standard InChI is InChI=1S/C23H31N3O2/c1-19-8-3-4-9-22(19)28-17-7-14-25(2)18-23(27)24-20-10-12-21(13-11-20)26-15-5-6-16-26/h3-4,8-13H,5-7,14-18H2,1-2H3,(H,24,27). The van der Waals surface area contributed by atoms with Crippen LogP contribution in [0.5, 0.6) is 5.75 Å². The zero-order valence-electron chi connectivity index (χ0n) is 17.0. The van der Waals surface area contributed by atoms with Crippen molar-refractivity contribution in [1.82, 2.24) is 4.90 Å². The number of hydrogen-bond donors (Lipinski definition) is 1. The van der Waals surface area contributed by atoms with Crippen LogP contribution >= 0.6 is 0 Å². The number of anilines is 2. The number of likely N-dealkylation sites (N-methyl/N-ethyl adjacent to an activating group) is 1. The van der Waals surface area contributed by atoms with E-state index in [-0.39, 0.29) is 5.91 Å². The van der Waals surface area contributed by atoms with Gasteiger partial charge in [0.05, 0.1) is 13.2 Å². The third-order valence-corrected chi connectivity index (χ3v) is 5.07. The first-order valence-corrected chi connectivity index (χ1v) is 10.1. The topological polar surface area (TPSA) is 44.8 Å². The summed E-state index contributed by atoms with van der Waals surface area (Å²) in [6, 6.07) is 16.2. The molecule has 0 bridgehead atoms. The fraction of sp³-hybridized carbons (Fsp3) is 0.435. The molecule has 2 aromatic rings. The predicted molar refractivity (Wildman–Crippen MR) is 115 cm³/mol. The molecule has 0 spiro atoms. The van der Waals surface area contributed by atoms with Crippen LogP contribution in [0.4, 0.5) is 11.4 Å². The summed E-state index contributed by atoms with van der Waals surface area (Å²) in [5.74, 6) is 0.941. The van der Waals surface area contributed by atoms with Crippen LogP contribution in [0, 0.1) is 6.92 Å². The van der Waals surface area contributed by atoms with Gasteiger partial charge in [0.15, 0.2) is 0 Å². The number of hydrogen-bond acceptors (Lipinski definition) is 4. The minimum absolute atomic E-state index is 0.0104. The Labute approximate surface area is 168 Å². The summed E-state index contributed by atoms with van der Waals surface area (Å²) >= 11 is 0. The van der Waals surface area contributed by atoms with Gasteiger partial charge in [-0.3, -0.25) is 9.69 Å². The molecule has 1 aliphatic rings. The molecule has 28 heavy (non-hydrogen) atoms. The smallest absolute Gasteiger partial charge is 0.238 e. The molecule has 1 amide bonds. The fourth-order valence-electron chi connectivity index (χ4n) is 3.49. The maximum Gasteiger partial charge on any atom is 0.238 e. The van der Waals surface area contributed by atoms with Crippen molar-refractivity contribution >= 4 is 17.3 Å². The van der Waals surface area contributed by atoms with Crippen molar-refractivity contribution in [3.8, 4) is 5.75 Å². The first kappa shape index (κ1) is 20.2. The number of carbonyl (C=O) groups is 1. The third-order valence-electron chi connectivity index (χ3n) is 5.07. The lowest BCUT2D eigenvalue weighted by atomic mass is 10.2. The molecule has 2 aromatic carbocycles. The molecule has 1 N–H and O–H groups in total. The van der Waals surface area contributed by atoms with Gasteiger partial charge in [-0.2, -0.15) is 0 Å².